The number of benzene rings is 2. The molecule has 0 aliphatic heterocycles. The fourth-order valence-electron chi connectivity index (χ4n) is 2.85. The van der Waals surface area contributed by atoms with Gasteiger partial charge in [-0.15, -0.1) is 0 Å². The van der Waals surface area contributed by atoms with Crippen LogP contribution in [0.25, 0.3) is 0 Å². The van der Waals surface area contributed by atoms with Crippen LogP contribution < -0.4 is 5.32 Å². The Morgan fingerprint density at radius 1 is 1.10 bits per heavy atom. The van der Waals surface area contributed by atoms with E-state index < -0.39 is 0 Å². The number of carbonyl (C=O) groups is 1. The number of esters is 1. The van der Waals surface area contributed by atoms with Gasteiger partial charge in [0, 0.05) is 36.2 Å². The van der Waals surface area contributed by atoms with Crippen LogP contribution in [0, 0.1) is 0 Å². The number of ether oxygens (including phenoxy) is 1. The fourth-order valence-corrected chi connectivity index (χ4v) is 3.29. The van der Waals surface area contributed by atoms with Gasteiger partial charge in [-0.3, -0.25) is 4.98 Å². The summed E-state index contributed by atoms with van der Waals surface area (Å²) in [7, 11) is 0. The third kappa shape index (κ3) is 6.02. The predicted octanol–water partition coefficient (Wildman–Crippen LogP) is 5.31. The molecule has 0 unspecified atom stereocenters. The minimum atomic E-state index is -0.344. The Kier molecular flexibility index (Phi) is 7.76. The van der Waals surface area contributed by atoms with Crippen LogP contribution in [0.15, 0.2) is 73.1 Å². The van der Waals surface area contributed by atoms with Crippen molar-refractivity contribution in [1.29, 1.82) is 0 Å². The van der Waals surface area contributed by atoms with E-state index in [1.807, 2.05) is 47.5 Å². The molecule has 30 heavy (non-hydrogen) atoms. The lowest BCUT2D eigenvalue weighted by Crippen LogP contribution is -2.34. The number of hydrogen-bond acceptors (Lipinski definition) is 4. The number of halogens is 1. The molecule has 0 spiro atoms. The third-order valence-corrected chi connectivity index (χ3v) is 5.08. The average Bonchev–Trinajstić information content (AvgIpc) is 2.76. The lowest BCUT2D eigenvalue weighted by atomic mass is 10.2. The van der Waals surface area contributed by atoms with Gasteiger partial charge < -0.3 is 15.0 Å². The van der Waals surface area contributed by atoms with Crippen LogP contribution in [0.2, 0.25) is 5.02 Å². The molecule has 2 aromatic carbocycles. The second kappa shape index (κ2) is 10.7. The maximum atomic E-state index is 11.8. The van der Waals surface area contributed by atoms with E-state index in [1.165, 1.54) is 0 Å². The third-order valence-electron chi connectivity index (χ3n) is 4.35. The van der Waals surface area contributed by atoms with E-state index in [1.54, 1.807) is 37.4 Å². The molecule has 7 heteroatoms. The molecule has 0 atom stereocenters. The Labute approximate surface area is 186 Å². The van der Waals surface area contributed by atoms with Crippen LogP contribution in [0.4, 0.5) is 5.69 Å². The number of nitrogens with one attached hydrogen (secondary N) is 1. The first kappa shape index (κ1) is 21.7. The molecule has 5 nitrogen and oxygen atoms in total. The zero-order valence-electron chi connectivity index (χ0n) is 16.5. The molecule has 0 fully saturated rings. The van der Waals surface area contributed by atoms with E-state index in [4.69, 9.17) is 28.6 Å². The number of nitrogens with zero attached hydrogens (tertiary/aromatic N) is 2. The van der Waals surface area contributed by atoms with Gasteiger partial charge in [-0.05, 0) is 66.7 Å². The second-order valence-electron chi connectivity index (χ2n) is 6.54. The molecule has 0 radical (unpaired) electrons. The van der Waals surface area contributed by atoms with Gasteiger partial charge >= 0.3 is 5.97 Å². The first-order valence-electron chi connectivity index (χ1n) is 9.52. The Bertz CT molecular complexity index is 997. The summed E-state index contributed by atoms with van der Waals surface area (Å²) in [6, 6.07) is 18.6. The van der Waals surface area contributed by atoms with Gasteiger partial charge in [0.25, 0.3) is 0 Å². The van der Waals surface area contributed by atoms with Gasteiger partial charge in [-0.2, -0.15) is 0 Å². The first-order valence-corrected chi connectivity index (χ1v) is 10.3. The molecule has 0 saturated heterocycles. The lowest BCUT2D eigenvalue weighted by molar-refractivity contribution is 0.0526. The van der Waals surface area contributed by atoms with E-state index in [-0.39, 0.29) is 5.97 Å². The minimum absolute atomic E-state index is 0.342. The highest BCUT2D eigenvalue weighted by molar-refractivity contribution is 7.80. The van der Waals surface area contributed by atoms with Crippen molar-refractivity contribution in [3.63, 3.8) is 0 Å². The van der Waals surface area contributed by atoms with Crippen LogP contribution in [-0.2, 0) is 17.8 Å². The van der Waals surface area contributed by atoms with Gasteiger partial charge in [0.15, 0.2) is 5.11 Å². The summed E-state index contributed by atoms with van der Waals surface area (Å²) in [5, 5.41) is 4.48. The number of hydrogen-bond donors (Lipinski definition) is 1. The van der Waals surface area contributed by atoms with Crippen LogP contribution in [0.3, 0.4) is 0 Å². The number of rotatable bonds is 7. The van der Waals surface area contributed by atoms with Gasteiger partial charge in [0.05, 0.1) is 12.2 Å². The van der Waals surface area contributed by atoms with Crippen molar-refractivity contribution >= 4 is 40.6 Å². The summed E-state index contributed by atoms with van der Waals surface area (Å²) in [5.74, 6) is -0.344. The Morgan fingerprint density at radius 2 is 1.87 bits per heavy atom. The van der Waals surface area contributed by atoms with Crippen molar-refractivity contribution in [1.82, 2.24) is 9.88 Å². The maximum absolute atomic E-state index is 11.8. The molecule has 3 aromatic rings. The average molecular weight is 440 g/mol. The largest absolute Gasteiger partial charge is 0.462 e. The molecular formula is C23H22ClN3O2S. The summed E-state index contributed by atoms with van der Waals surface area (Å²) in [5.41, 5.74) is 3.29. The van der Waals surface area contributed by atoms with Crippen LogP contribution in [0.1, 0.15) is 28.4 Å². The summed E-state index contributed by atoms with van der Waals surface area (Å²) < 4.78 is 5.02. The Balaban J connectivity index is 1.76. The van der Waals surface area contributed by atoms with E-state index in [0.29, 0.717) is 35.4 Å². The monoisotopic (exact) mass is 439 g/mol. The fraction of sp³-hybridized carbons (Fsp3) is 0.174. The molecule has 154 valence electrons. The van der Waals surface area contributed by atoms with Gasteiger partial charge in [-0.1, -0.05) is 35.9 Å². The van der Waals surface area contributed by atoms with Crippen LogP contribution in [-0.4, -0.2) is 27.6 Å². The molecule has 0 saturated carbocycles. The molecule has 3 rings (SSSR count). The van der Waals surface area contributed by atoms with Crippen molar-refractivity contribution in [3.8, 4) is 0 Å². The zero-order valence-corrected chi connectivity index (χ0v) is 18.1. The number of aromatic nitrogens is 1. The molecule has 0 amide bonds. The zero-order chi connectivity index (χ0) is 21.3. The summed E-state index contributed by atoms with van der Waals surface area (Å²) in [6.45, 7) is 3.24. The molecule has 1 heterocycles. The molecule has 1 aromatic heterocycles. The van der Waals surface area contributed by atoms with E-state index in [0.717, 1.165) is 16.8 Å². The summed E-state index contributed by atoms with van der Waals surface area (Å²) in [4.78, 5) is 18.0. The van der Waals surface area contributed by atoms with Gasteiger partial charge in [0.2, 0.25) is 0 Å². The predicted molar refractivity (Wildman–Crippen MR) is 124 cm³/mol. The molecule has 1 N–H and O–H groups in total. The molecular weight excluding hydrogens is 418 g/mol. The Morgan fingerprint density at radius 3 is 2.53 bits per heavy atom. The van der Waals surface area contributed by atoms with E-state index >= 15 is 0 Å². The highest BCUT2D eigenvalue weighted by Crippen LogP contribution is 2.20. The van der Waals surface area contributed by atoms with Crippen molar-refractivity contribution in [2.45, 2.75) is 20.0 Å². The van der Waals surface area contributed by atoms with E-state index in [2.05, 4.69) is 10.3 Å². The van der Waals surface area contributed by atoms with Gasteiger partial charge in [-0.25, -0.2) is 4.79 Å². The minimum Gasteiger partial charge on any atom is -0.462 e. The van der Waals surface area contributed by atoms with Gasteiger partial charge in [0.1, 0.15) is 0 Å². The van der Waals surface area contributed by atoms with Crippen LogP contribution in [0.5, 0.6) is 0 Å². The number of thiocarbonyl (C=S) groups is 1. The standard InChI is InChI=1S/C23H22ClN3O2S/c1-2-29-22(28)18-9-11-20(12-10-18)26-23(30)27(15-17-6-5-13-25-14-17)16-19-7-3-4-8-21(19)24/h3-14H,2,15-16H2,1H3,(H,26,30). The number of pyridine rings is 1. The molecule has 0 aliphatic rings. The topological polar surface area (TPSA) is 54.5 Å². The van der Waals surface area contributed by atoms with Crippen molar-refractivity contribution in [2.75, 3.05) is 11.9 Å². The number of carbonyl (C=O) groups excluding carboxylic acids is 1. The summed E-state index contributed by atoms with van der Waals surface area (Å²) in [6.07, 6.45) is 3.56. The highest BCUT2D eigenvalue weighted by Gasteiger charge is 2.14. The quantitative estimate of drug-likeness (QED) is 0.397. The smallest absolute Gasteiger partial charge is 0.338 e. The lowest BCUT2D eigenvalue weighted by Gasteiger charge is -2.26. The second-order valence-corrected chi connectivity index (χ2v) is 7.33. The maximum Gasteiger partial charge on any atom is 0.338 e. The summed E-state index contributed by atoms with van der Waals surface area (Å²) >= 11 is 12.0. The van der Waals surface area contributed by atoms with Crippen molar-refractivity contribution in [2.24, 2.45) is 0 Å². The Hall–Kier alpha value is -2.96. The van der Waals surface area contributed by atoms with Crippen molar-refractivity contribution in [3.05, 3.63) is 94.8 Å². The number of anilines is 1. The van der Waals surface area contributed by atoms with Crippen molar-refractivity contribution < 1.29 is 9.53 Å². The van der Waals surface area contributed by atoms with Crippen LogP contribution >= 0.6 is 23.8 Å². The molecule has 0 aliphatic carbocycles. The van der Waals surface area contributed by atoms with E-state index in [9.17, 15) is 4.79 Å². The SMILES string of the molecule is CCOC(=O)c1ccc(NC(=S)N(Cc2cccnc2)Cc2ccccc2Cl)cc1. The highest BCUT2D eigenvalue weighted by atomic mass is 35.5. The molecule has 0 bridgehead atoms. The normalized spacial score (nSPS) is 10.3. The first-order chi connectivity index (χ1) is 14.6.